The van der Waals surface area contributed by atoms with Gasteiger partial charge >= 0.3 is 0 Å². The Morgan fingerprint density at radius 2 is 1.90 bits per heavy atom. The van der Waals surface area contributed by atoms with E-state index >= 15 is 0 Å². The molecular formula is C14H18Cl2N2O2. The number of rotatable bonds is 3. The van der Waals surface area contributed by atoms with Crippen LogP contribution in [0.1, 0.15) is 33.1 Å². The monoisotopic (exact) mass is 316 g/mol. The van der Waals surface area contributed by atoms with Crippen molar-refractivity contribution in [2.24, 2.45) is 11.8 Å². The highest BCUT2D eigenvalue weighted by Gasteiger charge is 2.27. The highest BCUT2D eigenvalue weighted by atomic mass is 35.5. The summed E-state index contributed by atoms with van der Waals surface area (Å²) in [5.74, 6) is 1.19. The van der Waals surface area contributed by atoms with Crippen LogP contribution in [0, 0.1) is 22.0 Å². The second-order valence-electron chi connectivity index (χ2n) is 5.69. The maximum absolute atomic E-state index is 11.1. The van der Waals surface area contributed by atoms with Crippen molar-refractivity contribution in [1.82, 2.24) is 0 Å². The fourth-order valence-corrected chi connectivity index (χ4v) is 3.20. The lowest BCUT2D eigenvalue weighted by atomic mass is 9.80. The summed E-state index contributed by atoms with van der Waals surface area (Å²) in [6.45, 7) is 4.42. The average Bonchev–Trinajstić information content (AvgIpc) is 2.36. The summed E-state index contributed by atoms with van der Waals surface area (Å²) in [5.41, 5.74) is 0.432. The number of hydrogen-bond donors (Lipinski definition) is 1. The molecule has 3 atom stereocenters. The van der Waals surface area contributed by atoms with Gasteiger partial charge in [0.1, 0.15) is 5.69 Å². The molecule has 20 heavy (non-hydrogen) atoms. The van der Waals surface area contributed by atoms with Crippen LogP contribution in [0.2, 0.25) is 10.0 Å². The Labute approximate surface area is 128 Å². The number of halogens is 2. The van der Waals surface area contributed by atoms with Crippen LogP contribution < -0.4 is 5.32 Å². The highest BCUT2D eigenvalue weighted by Crippen LogP contribution is 2.37. The Hall–Kier alpha value is -1.00. The third-order valence-electron chi connectivity index (χ3n) is 4.01. The second-order valence-corrected chi connectivity index (χ2v) is 6.50. The van der Waals surface area contributed by atoms with E-state index in [4.69, 9.17) is 23.2 Å². The Bertz CT molecular complexity index is 522. The summed E-state index contributed by atoms with van der Waals surface area (Å²) in [6, 6.07) is 3.09. The Kier molecular flexibility index (Phi) is 4.76. The molecule has 1 aromatic carbocycles. The smallest absolute Gasteiger partial charge is 0.293 e. The largest absolute Gasteiger partial charge is 0.376 e. The molecule has 6 heteroatoms. The normalized spacial score (nSPS) is 26.3. The van der Waals surface area contributed by atoms with Crippen molar-refractivity contribution < 1.29 is 4.92 Å². The molecule has 4 nitrogen and oxygen atoms in total. The van der Waals surface area contributed by atoms with Gasteiger partial charge in [0, 0.05) is 12.1 Å². The van der Waals surface area contributed by atoms with Crippen molar-refractivity contribution in [3.63, 3.8) is 0 Å². The van der Waals surface area contributed by atoms with Crippen LogP contribution in [0.25, 0.3) is 0 Å². The quantitative estimate of drug-likeness (QED) is 0.620. The van der Waals surface area contributed by atoms with Crippen molar-refractivity contribution in [2.75, 3.05) is 5.32 Å². The molecule has 0 spiro atoms. The molecule has 110 valence electrons. The van der Waals surface area contributed by atoms with Crippen molar-refractivity contribution in [2.45, 2.75) is 39.2 Å². The van der Waals surface area contributed by atoms with Crippen LogP contribution in [-0.4, -0.2) is 11.0 Å². The molecule has 0 saturated heterocycles. The van der Waals surface area contributed by atoms with Gasteiger partial charge in [0.05, 0.1) is 15.0 Å². The third kappa shape index (κ3) is 3.36. The summed E-state index contributed by atoms with van der Waals surface area (Å²) in [5, 5.41) is 14.9. The molecule has 1 fully saturated rings. The standard InChI is InChI=1S/C14H18Cl2N2O2/c1-8-3-4-12(9(2)5-8)17-13-6-10(15)11(16)7-14(13)18(19)20/h6-9,12,17H,3-5H2,1-2H3. The molecule has 1 N–H and O–H groups in total. The van der Waals surface area contributed by atoms with Crippen molar-refractivity contribution >= 4 is 34.6 Å². The van der Waals surface area contributed by atoms with Gasteiger partial charge in [-0.25, -0.2) is 0 Å². The second kappa shape index (κ2) is 6.19. The van der Waals surface area contributed by atoms with E-state index in [0.29, 0.717) is 22.5 Å². The minimum atomic E-state index is -0.430. The third-order valence-corrected chi connectivity index (χ3v) is 4.73. The van der Waals surface area contributed by atoms with E-state index in [-0.39, 0.29) is 16.8 Å². The first-order valence-electron chi connectivity index (χ1n) is 6.78. The molecule has 0 radical (unpaired) electrons. The number of benzene rings is 1. The van der Waals surface area contributed by atoms with Crippen LogP contribution >= 0.6 is 23.2 Å². The van der Waals surface area contributed by atoms with Crippen molar-refractivity contribution in [1.29, 1.82) is 0 Å². The molecular weight excluding hydrogens is 299 g/mol. The molecule has 2 rings (SSSR count). The maximum Gasteiger partial charge on any atom is 0.293 e. The first-order chi connectivity index (χ1) is 9.38. The predicted octanol–water partition coefficient (Wildman–Crippen LogP) is 5.14. The molecule has 1 aliphatic carbocycles. The van der Waals surface area contributed by atoms with E-state index in [1.807, 2.05) is 0 Å². The molecule has 1 saturated carbocycles. The van der Waals surface area contributed by atoms with Crippen LogP contribution in [0.15, 0.2) is 12.1 Å². The highest BCUT2D eigenvalue weighted by molar-refractivity contribution is 6.42. The zero-order valence-corrected chi connectivity index (χ0v) is 13.0. The van der Waals surface area contributed by atoms with Gasteiger partial charge in [-0.3, -0.25) is 10.1 Å². The lowest BCUT2D eigenvalue weighted by molar-refractivity contribution is -0.384. The van der Waals surface area contributed by atoms with Gasteiger partial charge in [0.25, 0.3) is 5.69 Å². The summed E-state index contributed by atoms with van der Waals surface area (Å²) >= 11 is 11.8. The number of hydrogen-bond acceptors (Lipinski definition) is 3. The van der Waals surface area contributed by atoms with E-state index in [0.717, 1.165) is 19.3 Å². The maximum atomic E-state index is 11.1. The first kappa shape index (κ1) is 15.4. The number of nitrogens with zero attached hydrogens (tertiary/aromatic N) is 1. The molecule has 0 amide bonds. The van der Waals surface area contributed by atoms with Gasteiger partial charge in [0.2, 0.25) is 0 Å². The van der Waals surface area contributed by atoms with E-state index < -0.39 is 4.92 Å². The van der Waals surface area contributed by atoms with Crippen LogP contribution in [-0.2, 0) is 0 Å². The molecule has 0 bridgehead atoms. The number of nitro groups is 1. The summed E-state index contributed by atoms with van der Waals surface area (Å²) in [6.07, 6.45) is 3.28. The van der Waals surface area contributed by atoms with Gasteiger partial charge < -0.3 is 5.32 Å². The topological polar surface area (TPSA) is 55.2 Å². The molecule has 1 aliphatic rings. The predicted molar refractivity (Wildman–Crippen MR) is 82.7 cm³/mol. The summed E-state index contributed by atoms with van der Waals surface area (Å²) in [4.78, 5) is 10.7. The SMILES string of the molecule is CC1CCC(Nc2cc(Cl)c(Cl)cc2[N+](=O)[O-])C(C)C1. The average molecular weight is 317 g/mol. The Balaban J connectivity index is 2.24. The summed E-state index contributed by atoms with van der Waals surface area (Å²) in [7, 11) is 0. The molecule has 0 heterocycles. The minimum absolute atomic E-state index is 0.0229. The zero-order valence-electron chi connectivity index (χ0n) is 11.5. The Morgan fingerprint density at radius 1 is 1.25 bits per heavy atom. The van der Waals surface area contributed by atoms with Crippen LogP contribution in [0.3, 0.4) is 0 Å². The Morgan fingerprint density at radius 3 is 2.50 bits per heavy atom. The van der Waals surface area contributed by atoms with Crippen molar-refractivity contribution in [3.8, 4) is 0 Å². The van der Waals surface area contributed by atoms with Crippen LogP contribution in [0.5, 0.6) is 0 Å². The lowest BCUT2D eigenvalue weighted by Gasteiger charge is -2.33. The molecule has 0 aromatic heterocycles. The zero-order chi connectivity index (χ0) is 14.9. The van der Waals surface area contributed by atoms with Crippen molar-refractivity contribution in [3.05, 3.63) is 32.3 Å². The lowest BCUT2D eigenvalue weighted by Crippen LogP contribution is -2.33. The number of anilines is 1. The van der Waals surface area contributed by atoms with Gasteiger partial charge in [-0.05, 0) is 37.2 Å². The van der Waals surface area contributed by atoms with Gasteiger partial charge in [0.15, 0.2) is 0 Å². The van der Waals surface area contributed by atoms with E-state index in [1.54, 1.807) is 6.07 Å². The van der Waals surface area contributed by atoms with Gasteiger partial charge in [-0.1, -0.05) is 37.0 Å². The number of nitrogens with one attached hydrogen (secondary N) is 1. The minimum Gasteiger partial charge on any atom is -0.376 e. The van der Waals surface area contributed by atoms with Gasteiger partial charge in [-0.15, -0.1) is 0 Å². The van der Waals surface area contributed by atoms with E-state index in [2.05, 4.69) is 19.2 Å². The fourth-order valence-electron chi connectivity index (χ4n) is 2.88. The summed E-state index contributed by atoms with van der Waals surface area (Å²) < 4.78 is 0. The molecule has 3 unspecified atom stereocenters. The fraction of sp³-hybridized carbons (Fsp3) is 0.571. The molecule has 1 aromatic rings. The van der Waals surface area contributed by atoms with E-state index in [1.165, 1.54) is 6.07 Å². The first-order valence-corrected chi connectivity index (χ1v) is 7.54. The molecule has 0 aliphatic heterocycles. The van der Waals surface area contributed by atoms with E-state index in [9.17, 15) is 10.1 Å². The number of nitro benzene ring substituents is 1. The van der Waals surface area contributed by atoms with Gasteiger partial charge in [-0.2, -0.15) is 0 Å². The van der Waals surface area contributed by atoms with Crippen LogP contribution in [0.4, 0.5) is 11.4 Å².